The van der Waals surface area contributed by atoms with Crippen LogP contribution in [0.5, 0.6) is 5.75 Å². The van der Waals surface area contributed by atoms with Gasteiger partial charge in [-0.1, -0.05) is 24.3 Å². The van der Waals surface area contributed by atoms with Crippen LogP contribution in [0.3, 0.4) is 0 Å². The number of fused-ring (bicyclic) bond motifs is 1. The number of hydrogen-bond acceptors (Lipinski definition) is 2. The molecule has 16 heavy (non-hydrogen) atoms. The van der Waals surface area contributed by atoms with Crippen LogP contribution in [0.2, 0.25) is 0 Å². The van der Waals surface area contributed by atoms with Gasteiger partial charge in [0.2, 0.25) is 0 Å². The number of carbonyl (C=O) groups excluding carboxylic acids is 1. The summed E-state index contributed by atoms with van der Waals surface area (Å²) in [7, 11) is 0. The Labute approximate surface area is 93.8 Å². The van der Waals surface area contributed by atoms with Crippen LogP contribution in [-0.2, 0) is 4.79 Å². The summed E-state index contributed by atoms with van der Waals surface area (Å²) in [4.78, 5) is 10.3. The molecule has 0 atom stereocenters. The predicted octanol–water partition coefficient (Wildman–Crippen LogP) is 3.07. The summed E-state index contributed by atoms with van der Waals surface area (Å²) in [6.45, 7) is 1.99. The van der Waals surface area contributed by atoms with Crippen LogP contribution in [0.15, 0.2) is 36.4 Å². The van der Waals surface area contributed by atoms with Crippen molar-refractivity contribution < 1.29 is 9.90 Å². The van der Waals surface area contributed by atoms with Crippen LogP contribution in [0.25, 0.3) is 16.8 Å². The normalized spacial score (nSPS) is 11.1. The summed E-state index contributed by atoms with van der Waals surface area (Å²) in [5, 5.41) is 11.9. The van der Waals surface area contributed by atoms with E-state index in [0.29, 0.717) is 11.8 Å². The highest BCUT2D eigenvalue weighted by Gasteiger charge is 2.06. The first-order valence-electron chi connectivity index (χ1n) is 5.07. The highest BCUT2D eigenvalue weighted by molar-refractivity contribution is 5.94. The molecule has 2 heteroatoms. The van der Waals surface area contributed by atoms with E-state index in [1.807, 2.05) is 37.3 Å². The van der Waals surface area contributed by atoms with Crippen molar-refractivity contribution in [1.82, 2.24) is 0 Å². The molecule has 0 aliphatic heterocycles. The van der Waals surface area contributed by atoms with Crippen molar-refractivity contribution in [2.45, 2.75) is 6.92 Å². The van der Waals surface area contributed by atoms with Crippen LogP contribution >= 0.6 is 0 Å². The van der Waals surface area contributed by atoms with Crippen LogP contribution in [0.4, 0.5) is 0 Å². The lowest BCUT2D eigenvalue weighted by molar-refractivity contribution is -0.104. The lowest BCUT2D eigenvalue weighted by Gasteiger charge is -2.07. The summed E-state index contributed by atoms with van der Waals surface area (Å²) in [5.41, 5.74) is 1.75. The van der Waals surface area contributed by atoms with Gasteiger partial charge in [0, 0.05) is 10.9 Å². The van der Waals surface area contributed by atoms with Gasteiger partial charge in [0.1, 0.15) is 12.0 Å². The second-order valence-electron chi connectivity index (χ2n) is 3.67. The summed E-state index contributed by atoms with van der Waals surface area (Å²) >= 11 is 0. The maximum atomic E-state index is 10.3. The van der Waals surface area contributed by atoms with Crippen LogP contribution < -0.4 is 0 Å². The fraction of sp³-hybridized carbons (Fsp3) is 0.0714. The fourth-order valence-electron chi connectivity index (χ4n) is 1.84. The molecular weight excluding hydrogens is 200 g/mol. The summed E-state index contributed by atoms with van der Waals surface area (Å²) in [6, 6.07) is 9.54. The zero-order valence-corrected chi connectivity index (χ0v) is 8.97. The molecule has 0 amide bonds. The molecule has 0 saturated carbocycles. The number of aldehydes is 1. The zero-order valence-electron chi connectivity index (χ0n) is 8.97. The van der Waals surface area contributed by atoms with Gasteiger partial charge in [0.15, 0.2) is 0 Å². The fourth-order valence-corrected chi connectivity index (χ4v) is 1.84. The van der Waals surface area contributed by atoms with E-state index in [9.17, 15) is 9.90 Å². The number of phenols is 1. The average Bonchev–Trinajstić information content (AvgIpc) is 2.32. The Hall–Kier alpha value is -2.09. The molecule has 0 aliphatic rings. The minimum absolute atomic E-state index is 0.222. The number of benzene rings is 2. The third-order valence-electron chi connectivity index (χ3n) is 2.61. The zero-order chi connectivity index (χ0) is 11.5. The average molecular weight is 212 g/mol. The minimum Gasteiger partial charge on any atom is -0.507 e. The van der Waals surface area contributed by atoms with Gasteiger partial charge in [-0.05, 0) is 36.1 Å². The van der Waals surface area contributed by atoms with Gasteiger partial charge in [0.05, 0.1) is 0 Å². The molecule has 0 fully saturated rings. The van der Waals surface area contributed by atoms with Crippen molar-refractivity contribution in [3.8, 4) is 5.75 Å². The van der Waals surface area contributed by atoms with Crippen molar-refractivity contribution >= 4 is 23.1 Å². The third-order valence-corrected chi connectivity index (χ3v) is 2.61. The number of allylic oxidation sites excluding steroid dienone is 1. The Morgan fingerprint density at radius 1 is 1.19 bits per heavy atom. The molecule has 2 rings (SSSR count). The molecule has 0 spiro atoms. The molecule has 0 bridgehead atoms. The topological polar surface area (TPSA) is 37.3 Å². The first kappa shape index (κ1) is 10.4. The first-order chi connectivity index (χ1) is 7.74. The van der Waals surface area contributed by atoms with E-state index < -0.39 is 0 Å². The van der Waals surface area contributed by atoms with Gasteiger partial charge in [0.25, 0.3) is 0 Å². The molecule has 0 aromatic heterocycles. The van der Waals surface area contributed by atoms with Crippen molar-refractivity contribution in [1.29, 1.82) is 0 Å². The minimum atomic E-state index is 0.222. The van der Waals surface area contributed by atoms with E-state index in [1.165, 1.54) is 6.08 Å². The number of carbonyl (C=O) groups is 1. The molecule has 0 saturated heterocycles. The highest BCUT2D eigenvalue weighted by Crippen LogP contribution is 2.31. The molecule has 0 radical (unpaired) electrons. The molecule has 0 heterocycles. The molecular formula is C14H12O2. The van der Waals surface area contributed by atoms with E-state index in [0.717, 1.165) is 16.3 Å². The molecule has 0 aliphatic carbocycles. The first-order valence-corrected chi connectivity index (χ1v) is 5.07. The van der Waals surface area contributed by atoms with Crippen molar-refractivity contribution in [2.24, 2.45) is 0 Å². The molecule has 2 aromatic carbocycles. The van der Waals surface area contributed by atoms with E-state index in [1.54, 1.807) is 6.08 Å². The SMILES string of the molecule is Cc1cc(C=CC=O)c(O)c2ccccc12. The van der Waals surface area contributed by atoms with E-state index in [2.05, 4.69) is 0 Å². The standard InChI is InChI=1S/C14H12O2/c1-10-9-11(5-4-8-15)14(16)13-7-3-2-6-12(10)13/h2-9,16H,1H3. The van der Waals surface area contributed by atoms with Crippen molar-refractivity contribution in [3.63, 3.8) is 0 Å². The second kappa shape index (κ2) is 4.19. The Kier molecular flexibility index (Phi) is 2.73. The van der Waals surface area contributed by atoms with Gasteiger partial charge in [-0.3, -0.25) is 4.79 Å². The maximum absolute atomic E-state index is 10.3. The quantitative estimate of drug-likeness (QED) is 0.613. The van der Waals surface area contributed by atoms with Crippen LogP contribution in [0, 0.1) is 6.92 Å². The van der Waals surface area contributed by atoms with Crippen molar-refractivity contribution in [3.05, 3.63) is 47.5 Å². The Balaban J connectivity index is 2.74. The van der Waals surface area contributed by atoms with Gasteiger partial charge in [-0.25, -0.2) is 0 Å². The maximum Gasteiger partial charge on any atom is 0.142 e. The van der Waals surface area contributed by atoms with Crippen LogP contribution in [0.1, 0.15) is 11.1 Å². The highest BCUT2D eigenvalue weighted by atomic mass is 16.3. The van der Waals surface area contributed by atoms with Gasteiger partial charge >= 0.3 is 0 Å². The Morgan fingerprint density at radius 3 is 2.56 bits per heavy atom. The van der Waals surface area contributed by atoms with Crippen molar-refractivity contribution in [2.75, 3.05) is 0 Å². The van der Waals surface area contributed by atoms with Gasteiger partial charge in [-0.15, -0.1) is 0 Å². The summed E-state index contributed by atoms with van der Waals surface area (Å²) < 4.78 is 0. The van der Waals surface area contributed by atoms with Crippen LogP contribution in [-0.4, -0.2) is 11.4 Å². The second-order valence-corrected chi connectivity index (χ2v) is 3.67. The Morgan fingerprint density at radius 2 is 1.88 bits per heavy atom. The van der Waals surface area contributed by atoms with E-state index >= 15 is 0 Å². The van der Waals surface area contributed by atoms with E-state index in [4.69, 9.17) is 0 Å². The lowest BCUT2D eigenvalue weighted by Crippen LogP contribution is -1.83. The summed E-state index contributed by atoms with van der Waals surface area (Å²) in [6.07, 6.45) is 3.69. The molecule has 2 aromatic rings. The number of rotatable bonds is 2. The largest absolute Gasteiger partial charge is 0.507 e. The Bertz CT molecular complexity index is 568. The van der Waals surface area contributed by atoms with E-state index in [-0.39, 0.29) is 5.75 Å². The molecule has 80 valence electrons. The number of aryl methyl sites for hydroxylation is 1. The monoisotopic (exact) mass is 212 g/mol. The number of hydrogen-bond donors (Lipinski definition) is 1. The third kappa shape index (κ3) is 1.70. The predicted molar refractivity (Wildman–Crippen MR) is 65.4 cm³/mol. The molecule has 0 unspecified atom stereocenters. The van der Waals surface area contributed by atoms with Gasteiger partial charge < -0.3 is 5.11 Å². The number of phenolic OH excluding ortho intramolecular Hbond substituents is 1. The lowest BCUT2D eigenvalue weighted by atomic mass is 10.00. The molecule has 1 N–H and O–H groups in total. The summed E-state index contributed by atoms with van der Waals surface area (Å²) in [5.74, 6) is 0.222. The molecule has 2 nitrogen and oxygen atoms in total. The number of aromatic hydroxyl groups is 1. The van der Waals surface area contributed by atoms with Gasteiger partial charge in [-0.2, -0.15) is 0 Å². The smallest absolute Gasteiger partial charge is 0.142 e.